The number of nitrogens with one attached hydrogen (secondary N) is 2. The Bertz CT molecular complexity index is 1800. The molecule has 0 bridgehead atoms. The highest BCUT2D eigenvalue weighted by molar-refractivity contribution is 6.05. The summed E-state index contributed by atoms with van der Waals surface area (Å²) in [7, 11) is 0. The molecule has 0 aliphatic carbocycles. The van der Waals surface area contributed by atoms with Crippen molar-refractivity contribution >= 4 is 23.2 Å². The zero-order valence-corrected chi connectivity index (χ0v) is 19.6. The zero-order chi connectivity index (χ0) is 30.2. The van der Waals surface area contributed by atoms with Crippen LogP contribution in [0, 0.1) is 20.7 Å². The van der Waals surface area contributed by atoms with Crippen LogP contribution in [-0.2, 0) is 0 Å². The van der Waals surface area contributed by atoms with Gasteiger partial charge in [-0.3, -0.25) is 9.78 Å². The first-order chi connectivity index (χ1) is 19.9. The molecule has 3 aromatic heterocycles. The molecule has 1 amide bonds. The molecule has 178 valence electrons. The lowest BCUT2D eigenvalue weighted by Gasteiger charge is -2.13. The van der Waals surface area contributed by atoms with Crippen LogP contribution in [0.3, 0.4) is 0 Å². The van der Waals surface area contributed by atoms with Crippen molar-refractivity contribution in [3.63, 3.8) is 0 Å². The van der Waals surface area contributed by atoms with Crippen LogP contribution < -0.4 is 10.6 Å². The number of aromatic nitrogens is 4. The molecular weight excluding hydrogens is 448 g/mol. The smallest absolute Gasteiger partial charge is 0.255 e. The van der Waals surface area contributed by atoms with Gasteiger partial charge in [-0.25, -0.2) is 9.97 Å². The Hall–Kier alpha value is -4.78. The van der Waals surface area contributed by atoms with Gasteiger partial charge in [-0.05, 0) is 91.9 Å². The Balaban J connectivity index is 1.56. The number of pyridine rings is 1. The average molecular weight is 481 g/mol. The number of nitrogens with zero attached hydrogens (tertiary/aromatic N) is 4. The summed E-state index contributed by atoms with van der Waals surface area (Å²) in [5.74, 6) is -0.881. The van der Waals surface area contributed by atoms with Crippen LogP contribution in [0.1, 0.15) is 35.3 Å². The predicted molar refractivity (Wildman–Crippen MR) is 143 cm³/mol. The van der Waals surface area contributed by atoms with Crippen LogP contribution >= 0.6 is 0 Å². The molecule has 2 aromatic carbocycles. The molecule has 7 nitrogen and oxygen atoms in total. The first-order valence-electron chi connectivity index (χ1n) is 14.1. The summed E-state index contributed by atoms with van der Waals surface area (Å²) >= 11 is 0. The van der Waals surface area contributed by atoms with E-state index < -0.39 is 42.0 Å². The predicted octanol–water partition coefficient (Wildman–Crippen LogP) is 6.25. The number of rotatable bonds is 6. The molecular formula is C29H26N6O. The maximum absolute atomic E-state index is 13.5. The zero-order valence-electron chi connectivity index (χ0n) is 25.6. The largest absolute Gasteiger partial charge is 0.324 e. The lowest BCUT2D eigenvalue weighted by atomic mass is 10.1. The van der Waals surface area contributed by atoms with Crippen LogP contribution in [0.25, 0.3) is 16.9 Å². The molecule has 0 saturated heterocycles. The highest BCUT2D eigenvalue weighted by Gasteiger charge is 2.12. The topological polar surface area (TPSA) is 84.7 Å². The molecule has 0 fully saturated rings. The second-order valence-corrected chi connectivity index (χ2v) is 8.24. The Morgan fingerprint density at radius 3 is 2.78 bits per heavy atom. The van der Waals surface area contributed by atoms with E-state index in [0.717, 1.165) is 16.8 Å². The van der Waals surface area contributed by atoms with E-state index in [1.54, 1.807) is 42.7 Å². The van der Waals surface area contributed by atoms with E-state index in [1.807, 2.05) is 42.9 Å². The van der Waals surface area contributed by atoms with Crippen molar-refractivity contribution in [2.45, 2.75) is 20.7 Å². The number of carbonyl (C=O) groups excluding carboxylic acids is 1. The summed E-state index contributed by atoms with van der Waals surface area (Å²) in [4.78, 5) is 26.2. The molecule has 2 N–H and O–H groups in total. The van der Waals surface area contributed by atoms with E-state index in [4.69, 9.17) is 8.22 Å². The SMILES string of the molecule is [2H]c1c([2H])c(C([2H])([2H])[2H])c(Nc2nccc(-c3cccnc3)n2)c([2H])c1C(=O)Nc1cc(C)cc(-n2ccc(C)c2)c1. The lowest BCUT2D eigenvalue weighted by molar-refractivity contribution is 0.102. The van der Waals surface area contributed by atoms with Crippen molar-refractivity contribution in [3.8, 4) is 16.9 Å². The molecule has 3 heterocycles. The fourth-order valence-electron chi connectivity index (χ4n) is 3.66. The molecule has 36 heavy (non-hydrogen) atoms. The highest BCUT2D eigenvalue weighted by atomic mass is 16.1. The summed E-state index contributed by atoms with van der Waals surface area (Å²) in [5, 5.41) is 5.47. The summed E-state index contributed by atoms with van der Waals surface area (Å²) in [5.41, 5.74) is 2.90. The van der Waals surface area contributed by atoms with Gasteiger partial charge in [0.25, 0.3) is 5.91 Å². The molecule has 5 aromatic rings. The van der Waals surface area contributed by atoms with Crippen molar-refractivity contribution in [2.75, 3.05) is 10.6 Å². The third-order valence-electron chi connectivity index (χ3n) is 5.35. The summed E-state index contributed by atoms with van der Waals surface area (Å²) in [6.07, 6.45) is 8.49. The monoisotopic (exact) mass is 480 g/mol. The first-order valence-corrected chi connectivity index (χ1v) is 11.1. The number of hydrogen-bond acceptors (Lipinski definition) is 5. The van der Waals surface area contributed by atoms with E-state index in [9.17, 15) is 4.79 Å². The second kappa shape index (κ2) is 9.84. The van der Waals surface area contributed by atoms with Gasteiger partial charge >= 0.3 is 0 Å². The fraction of sp³-hybridized carbons (Fsp3) is 0.103. The van der Waals surface area contributed by atoms with Crippen molar-refractivity contribution in [1.82, 2.24) is 19.5 Å². The second-order valence-electron chi connectivity index (χ2n) is 8.24. The van der Waals surface area contributed by atoms with Crippen molar-refractivity contribution in [2.24, 2.45) is 0 Å². The van der Waals surface area contributed by atoms with E-state index in [1.165, 1.54) is 6.20 Å². The third kappa shape index (κ3) is 5.15. The maximum atomic E-state index is 13.5. The van der Waals surface area contributed by atoms with E-state index >= 15 is 0 Å². The van der Waals surface area contributed by atoms with Gasteiger partial charge in [0.15, 0.2) is 0 Å². The number of aryl methyl sites for hydroxylation is 2. The van der Waals surface area contributed by atoms with Crippen LogP contribution in [-0.4, -0.2) is 25.4 Å². The van der Waals surface area contributed by atoms with E-state index in [-0.39, 0.29) is 11.6 Å². The number of anilines is 3. The third-order valence-corrected chi connectivity index (χ3v) is 5.35. The number of benzene rings is 2. The first kappa shape index (κ1) is 16.8. The molecule has 0 spiro atoms. The van der Waals surface area contributed by atoms with Gasteiger partial charge < -0.3 is 15.2 Å². The lowest BCUT2D eigenvalue weighted by Crippen LogP contribution is -2.13. The van der Waals surface area contributed by atoms with Gasteiger partial charge in [-0.2, -0.15) is 0 Å². The molecule has 0 saturated carbocycles. The fourth-order valence-corrected chi connectivity index (χ4v) is 3.66. The molecule has 7 heteroatoms. The number of carbonyl (C=O) groups is 1. The van der Waals surface area contributed by atoms with Crippen LogP contribution in [0.15, 0.2) is 91.6 Å². The molecule has 0 radical (unpaired) electrons. The molecule has 0 aliphatic heterocycles. The van der Waals surface area contributed by atoms with E-state index in [2.05, 4.69) is 25.6 Å². The van der Waals surface area contributed by atoms with Crippen molar-refractivity contribution in [3.05, 3.63) is 114 Å². The summed E-state index contributed by atoms with van der Waals surface area (Å²) < 4.78 is 51.9. The minimum Gasteiger partial charge on any atom is -0.324 e. The molecule has 0 aliphatic rings. The highest BCUT2D eigenvalue weighted by Crippen LogP contribution is 2.24. The van der Waals surface area contributed by atoms with Crippen molar-refractivity contribution in [1.29, 1.82) is 0 Å². The molecule has 0 atom stereocenters. The van der Waals surface area contributed by atoms with Gasteiger partial charge in [0, 0.05) is 63.3 Å². The van der Waals surface area contributed by atoms with Crippen LogP contribution in [0.4, 0.5) is 17.3 Å². The van der Waals surface area contributed by atoms with Gasteiger partial charge in [-0.1, -0.05) is 6.04 Å². The number of amides is 1. The van der Waals surface area contributed by atoms with Gasteiger partial charge in [0.05, 0.1) is 9.81 Å². The van der Waals surface area contributed by atoms with Gasteiger partial charge in [-0.15, -0.1) is 0 Å². The maximum Gasteiger partial charge on any atom is 0.255 e. The minimum atomic E-state index is -2.87. The minimum absolute atomic E-state index is 0.0517. The Morgan fingerprint density at radius 2 is 2.00 bits per heavy atom. The Kier molecular flexibility index (Phi) is 4.58. The Labute approximate surface area is 218 Å². The van der Waals surface area contributed by atoms with Gasteiger partial charge in [0.2, 0.25) is 5.95 Å². The van der Waals surface area contributed by atoms with Crippen LogP contribution in [0.2, 0.25) is 0 Å². The quantitative estimate of drug-likeness (QED) is 0.300. The van der Waals surface area contributed by atoms with Gasteiger partial charge in [0.1, 0.15) is 0 Å². The number of hydrogen-bond donors (Lipinski definition) is 2. The molecule has 5 rings (SSSR count). The summed E-state index contributed by atoms with van der Waals surface area (Å²) in [6, 6.07) is 10.6. The normalized spacial score (nSPS) is 13.5. The molecule has 0 unspecified atom stereocenters. The van der Waals surface area contributed by atoms with E-state index in [0.29, 0.717) is 16.9 Å². The van der Waals surface area contributed by atoms with Crippen molar-refractivity contribution < 1.29 is 13.0 Å². The standard InChI is InChI=1S/C29H26N6O/c1-19-9-12-35(18-19)25-14-20(2)13-24(16-25)32-28(36)22-7-6-21(3)27(15-22)34-29-31-11-8-26(33-29)23-5-4-10-30-17-23/h4-18H,1-3H3,(H,32,36)(H,31,33,34)/i3D3,6D,7D,15D. The summed E-state index contributed by atoms with van der Waals surface area (Å²) in [6.45, 7) is 0.963. The average Bonchev–Trinajstić information content (AvgIpc) is 3.38. The Morgan fingerprint density at radius 1 is 1.08 bits per heavy atom. The van der Waals surface area contributed by atoms with Crippen LogP contribution in [0.5, 0.6) is 0 Å².